The Morgan fingerprint density at radius 1 is 1.09 bits per heavy atom. The molecule has 1 aromatic carbocycles. The predicted octanol–water partition coefficient (Wildman–Crippen LogP) is 0.584. The largest absolute Gasteiger partial charge is 0.493 e. The fourth-order valence-electron chi connectivity index (χ4n) is 1.47. The molecule has 0 saturated carbocycles. The van der Waals surface area contributed by atoms with Gasteiger partial charge in [-0.15, -0.1) is 0 Å². The number of nitrogens with one attached hydrogen (secondary N) is 2. The van der Waals surface area contributed by atoms with E-state index in [0.717, 1.165) is 18.4 Å². The molecule has 7 nitrogen and oxygen atoms in total. The maximum Gasteiger partial charge on any atom is 0.398 e. The molecule has 2 amide bonds. The summed E-state index contributed by atoms with van der Waals surface area (Å²) in [5.41, 5.74) is 4.84. The molecule has 0 spiro atoms. The zero-order chi connectivity index (χ0) is 16.5. The first kappa shape index (κ1) is 17.5. The highest BCUT2D eigenvalue weighted by molar-refractivity contribution is 6.32. The van der Waals surface area contributed by atoms with E-state index in [-0.39, 0.29) is 6.42 Å². The van der Waals surface area contributed by atoms with Crippen LogP contribution in [0.25, 0.3) is 0 Å². The van der Waals surface area contributed by atoms with Gasteiger partial charge < -0.3 is 9.47 Å². The zero-order valence-electron chi connectivity index (χ0n) is 12.8. The van der Waals surface area contributed by atoms with Gasteiger partial charge in [0.1, 0.15) is 5.75 Å². The molecule has 2 N–H and O–H groups in total. The highest BCUT2D eigenvalue weighted by Gasteiger charge is 2.14. The van der Waals surface area contributed by atoms with Gasteiger partial charge in [0.25, 0.3) is 0 Å². The quantitative estimate of drug-likeness (QED) is 0.471. The summed E-state index contributed by atoms with van der Waals surface area (Å²) in [5.74, 6) is -1.39. The van der Waals surface area contributed by atoms with Crippen molar-refractivity contribution in [2.24, 2.45) is 5.92 Å². The smallest absolute Gasteiger partial charge is 0.398 e. The molecule has 0 atom stereocenters. The standard InChI is InChI=1S/C15H20N2O5/c1-10(2)9-22-12-6-4-11(5-7-12)8-13(18)16-17-14(19)15(20)21-3/h4-7,10H,8-9H2,1-3H3,(H,16,18)(H,17,19). The maximum atomic E-state index is 11.6. The number of hydrazine groups is 1. The number of hydrogen-bond acceptors (Lipinski definition) is 5. The molecule has 1 aromatic rings. The lowest BCUT2D eigenvalue weighted by Crippen LogP contribution is -2.45. The number of carbonyl (C=O) groups is 3. The number of methoxy groups -OCH3 is 1. The van der Waals surface area contributed by atoms with Gasteiger partial charge in [0.2, 0.25) is 5.91 Å². The third kappa shape index (κ3) is 6.25. The first-order valence-corrected chi connectivity index (χ1v) is 6.81. The summed E-state index contributed by atoms with van der Waals surface area (Å²) in [6, 6.07) is 7.07. The van der Waals surface area contributed by atoms with E-state index in [4.69, 9.17) is 4.74 Å². The fourth-order valence-corrected chi connectivity index (χ4v) is 1.47. The lowest BCUT2D eigenvalue weighted by atomic mass is 10.1. The van der Waals surface area contributed by atoms with Crippen molar-refractivity contribution < 1.29 is 23.9 Å². The van der Waals surface area contributed by atoms with E-state index in [9.17, 15) is 14.4 Å². The molecular weight excluding hydrogens is 288 g/mol. The third-order valence-corrected chi connectivity index (χ3v) is 2.56. The molecule has 22 heavy (non-hydrogen) atoms. The maximum absolute atomic E-state index is 11.6. The van der Waals surface area contributed by atoms with Crippen LogP contribution >= 0.6 is 0 Å². The average Bonchev–Trinajstić information content (AvgIpc) is 2.51. The molecule has 1 rings (SSSR count). The lowest BCUT2D eigenvalue weighted by molar-refractivity contribution is -0.153. The number of ether oxygens (including phenoxy) is 2. The summed E-state index contributed by atoms with van der Waals surface area (Å²) in [7, 11) is 1.08. The van der Waals surface area contributed by atoms with Gasteiger partial charge in [-0.25, -0.2) is 4.79 Å². The van der Waals surface area contributed by atoms with Gasteiger partial charge in [0.15, 0.2) is 0 Å². The molecule has 0 saturated heterocycles. The lowest BCUT2D eigenvalue weighted by Gasteiger charge is -2.09. The zero-order valence-corrected chi connectivity index (χ0v) is 12.8. The Labute approximate surface area is 128 Å². The number of carbonyl (C=O) groups excluding carboxylic acids is 3. The van der Waals surface area contributed by atoms with Crippen molar-refractivity contribution >= 4 is 17.8 Å². The molecule has 0 aliphatic heterocycles. The van der Waals surface area contributed by atoms with Gasteiger partial charge in [-0.3, -0.25) is 20.4 Å². The van der Waals surface area contributed by atoms with Crippen LogP contribution in [0.15, 0.2) is 24.3 Å². The van der Waals surface area contributed by atoms with E-state index in [0.29, 0.717) is 12.5 Å². The molecule has 0 aliphatic carbocycles. The van der Waals surface area contributed by atoms with Crippen LogP contribution in [0.3, 0.4) is 0 Å². The van der Waals surface area contributed by atoms with E-state index in [2.05, 4.69) is 24.0 Å². The number of amides is 2. The highest BCUT2D eigenvalue weighted by Crippen LogP contribution is 2.13. The van der Waals surface area contributed by atoms with Crippen molar-refractivity contribution in [1.82, 2.24) is 10.9 Å². The van der Waals surface area contributed by atoms with Crippen LogP contribution < -0.4 is 15.6 Å². The molecule has 0 heterocycles. The van der Waals surface area contributed by atoms with Crippen molar-refractivity contribution in [3.05, 3.63) is 29.8 Å². The monoisotopic (exact) mass is 308 g/mol. The van der Waals surface area contributed by atoms with Gasteiger partial charge in [0, 0.05) is 0 Å². The van der Waals surface area contributed by atoms with E-state index >= 15 is 0 Å². The van der Waals surface area contributed by atoms with Crippen LogP contribution in [0.2, 0.25) is 0 Å². The van der Waals surface area contributed by atoms with E-state index in [1.807, 2.05) is 5.43 Å². The minimum Gasteiger partial charge on any atom is -0.493 e. The van der Waals surface area contributed by atoms with Gasteiger partial charge in [-0.1, -0.05) is 26.0 Å². The summed E-state index contributed by atoms with van der Waals surface area (Å²) in [6.45, 7) is 4.74. The Kier molecular flexibility index (Phi) is 6.88. The van der Waals surface area contributed by atoms with Gasteiger partial charge in [0.05, 0.1) is 20.1 Å². The topological polar surface area (TPSA) is 93.7 Å². The molecule has 120 valence electrons. The van der Waals surface area contributed by atoms with Gasteiger partial charge >= 0.3 is 11.9 Å². The Morgan fingerprint density at radius 2 is 1.73 bits per heavy atom. The minimum absolute atomic E-state index is 0.0614. The van der Waals surface area contributed by atoms with Gasteiger partial charge in [-0.05, 0) is 23.6 Å². The van der Waals surface area contributed by atoms with Crippen molar-refractivity contribution in [2.75, 3.05) is 13.7 Å². The van der Waals surface area contributed by atoms with Crippen molar-refractivity contribution in [3.63, 3.8) is 0 Å². The second-order valence-electron chi connectivity index (χ2n) is 5.02. The Morgan fingerprint density at radius 3 is 2.27 bits per heavy atom. The summed E-state index contributed by atoms with van der Waals surface area (Å²) < 4.78 is 9.74. The molecule has 0 unspecified atom stereocenters. The van der Waals surface area contributed by atoms with Crippen LogP contribution in [0.5, 0.6) is 5.75 Å². The first-order valence-electron chi connectivity index (χ1n) is 6.81. The molecular formula is C15H20N2O5. The SMILES string of the molecule is COC(=O)C(=O)NNC(=O)Cc1ccc(OCC(C)C)cc1. The van der Waals surface area contributed by atoms with E-state index in [1.165, 1.54) is 0 Å². The van der Waals surface area contributed by atoms with Crippen molar-refractivity contribution in [2.45, 2.75) is 20.3 Å². The summed E-state index contributed by atoms with van der Waals surface area (Å²) in [5, 5.41) is 0. The number of hydrogen-bond donors (Lipinski definition) is 2. The van der Waals surface area contributed by atoms with Gasteiger partial charge in [-0.2, -0.15) is 0 Å². The van der Waals surface area contributed by atoms with Crippen LogP contribution in [0.1, 0.15) is 19.4 Å². The minimum atomic E-state index is -1.08. The number of benzene rings is 1. The molecule has 0 bridgehead atoms. The summed E-state index contributed by atoms with van der Waals surface area (Å²) in [4.78, 5) is 33.5. The fraction of sp³-hybridized carbons (Fsp3) is 0.400. The summed E-state index contributed by atoms with van der Waals surface area (Å²) >= 11 is 0. The van der Waals surface area contributed by atoms with Crippen LogP contribution in [-0.4, -0.2) is 31.5 Å². The Bertz CT molecular complexity index is 525. The molecule has 0 aromatic heterocycles. The summed E-state index contributed by atoms with van der Waals surface area (Å²) in [6.07, 6.45) is 0.0614. The van der Waals surface area contributed by atoms with E-state index in [1.54, 1.807) is 24.3 Å². The predicted molar refractivity (Wildman–Crippen MR) is 78.8 cm³/mol. The molecule has 0 radical (unpaired) electrons. The van der Waals surface area contributed by atoms with Crippen LogP contribution in [-0.2, 0) is 25.5 Å². The second-order valence-corrected chi connectivity index (χ2v) is 5.02. The number of rotatable bonds is 5. The first-order chi connectivity index (χ1) is 10.4. The highest BCUT2D eigenvalue weighted by atomic mass is 16.5. The Balaban J connectivity index is 2.41. The number of esters is 1. The van der Waals surface area contributed by atoms with Crippen molar-refractivity contribution in [1.29, 1.82) is 0 Å². The van der Waals surface area contributed by atoms with Crippen LogP contribution in [0, 0.1) is 5.92 Å². The molecule has 0 fully saturated rings. The molecule has 0 aliphatic rings. The van der Waals surface area contributed by atoms with Crippen LogP contribution in [0.4, 0.5) is 0 Å². The van der Waals surface area contributed by atoms with Crippen molar-refractivity contribution in [3.8, 4) is 5.75 Å². The third-order valence-electron chi connectivity index (χ3n) is 2.56. The van der Waals surface area contributed by atoms with E-state index < -0.39 is 17.8 Å². The Hall–Kier alpha value is -2.57. The second kappa shape index (κ2) is 8.66. The average molecular weight is 308 g/mol. The molecule has 7 heteroatoms. The normalized spacial score (nSPS) is 10.0.